The zero-order chi connectivity index (χ0) is 19.1. The molecule has 0 saturated carbocycles. The highest BCUT2D eigenvalue weighted by molar-refractivity contribution is 5.95. The normalized spacial score (nSPS) is 25.6. The molecule has 2 aliphatic rings. The van der Waals surface area contributed by atoms with E-state index in [1.165, 1.54) is 12.1 Å². The number of anilines is 1. The number of carbonyl (C=O) groups is 3. The van der Waals surface area contributed by atoms with Gasteiger partial charge in [0.05, 0.1) is 25.8 Å². The Balaban J connectivity index is 1.81. The van der Waals surface area contributed by atoms with E-state index in [0.29, 0.717) is 18.5 Å². The molecule has 1 fully saturated rings. The Morgan fingerprint density at radius 1 is 1.42 bits per heavy atom. The lowest BCUT2D eigenvalue weighted by atomic mass is 9.97. The summed E-state index contributed by atoms with van der Waals surface area (Å²) < 4.78 is 19.3. The first-order chi connectivity index (χ1) is 12.2. The van der Waals surface area contributed by atoms with Gasteiger partial charge in [-0.15, -0.1) is 0 Å². The maximum Gasteiger partial charge on any atom is 0.513 e. The number of nitrogens with two attached hydrogens (primary N) is 1. The second-order valence-electron chi connectivity index (χ2n) is 6.61. The van der Waals surface area contributed by atoms with Crippen LogP contribution in [-0.2, 0) is 9.53 Å². The Morgan fingerprint density at radius 3 is 2.65 bits per heavy atom. The summed E-state index contributed by atoms with van der Waals surface area (Å²) in [6.45, 7) is 0.565. The Kier molecular flexibility index (Phi) is 4.41. The number of amides is 3. The van der Waals surface area contributed by atoms with E-state index >= 15 is 0 Å². The van der Waals surface area contributed by atoms with Gasteiger partial charge in [-0.3, -0.25) is 9.69 Å². The Bertz CT molecular complexity index is 825. The van der Waals surface area contributed by atoms with Gasteiger partial charge in [-0.05, 0) is 29.8 Å². The molecule has 138 valence electrons. The van der Waals surface area contributed by atoms with Gasteiger partial charge in [-0.1, -0.05) is 0 Å². The first-order valence-electron chi connectivity index (χ1n) is 8.06. The number of likely N-dealkylation sites (N-methyl/N-ethyl adjacent to an activating group) is 1. The molecular formula is C17H19FN3O5+. The largest absolute Gasteiger partial charge is 0.513 e. The monoisotopic (exact) mass is 364 g/mol. The lowest BCUT2D eigenvalue weighted by Gasteiger charge is -2.31. The zero-order valence-electron chi connectivity index (χ0n) is 14.1. The molecule has 3 N–H and O–H groups in total. The predicted octanol–water partition coefficient (Wildman–Crippen LogP) is 1.55. The van der Waals surface area contributed by atoms with E-state index in [9.17, 15) is 23.9 Å². The van der Waals surface area contributed by atoms with Crippen molar-refractivity contribution < 1.29 is 33.1 Å². The van der Waals surface area contributed by atoms with Crippen molar-refractivity contribution in [2.45, 2.75) is 12.5 Å². The number of rotatable bonds is 3. The van der Waals surface area contributed by atoms with Crippen molar-refractivity contribution >= 4 is 29.4 Å². The van der Waals surface area contributed by atoms with Crippen LogP contribution in [-0.4, -0.2) is 60.5 Å². The van der Waals surface area contributed by atoms with Crippen LogP contribution in [0.5, 0.6) is 0 Å². The lowest BCUT2D eigenvalue weighted by Crippen LogP contribution is -2.50. The average molecular weight is 364 g/mol. The number of cyclic esters (lactones) is 1. The highest BCUT2D eigenvalue weighted by Gasteiger charge is 2.37. The third-order valence-corrected chi connectivity index (χ3v) is 4.82. The number of ether oxygens (including phenoxy) is 1. The molecule has 0 radical (unpaired) electrons. The van der Waals surface area contributed by atoms with Gasteiger partial charge in [0.2, 0.25) is 0 Å². The maximum atomic E-state index is 14.6. The molecule has 1 aromatic carbocycles. The minimum absolute atomic E-state index is 0.0654. The van der Waals surface area contributed by atoms with Crippen LogP contribution in [0.3, 0.4) is 0 Å². The summed E-state index contributed by atoms with van der Waals surface area (Å²) in [4.78, 5) is 35.4. The summed E-state index contributed by atoms with van der Waals surface area (Å²) in [7, 11) is 1.61. The van der Waals surface area contributed by atoms with Crippen LogP contribution in [0.25, 0.3) is 5.57 Å². The summed E-state index contributed by atoms with van der Waals surface area (Å²) in [5, 5.41) is 9.24. The fourth-order valence-electron chi connectivity index (χ4n) is 3.04. The Hall–Kier alpha value is -2.94. The molecule has 0 bridgehead atoms. The van der Waals surface area contributed by atoms with Crippen LogP contribution in [0, 0.1) is 5.82 Å². The van der Waals surface area contributed by atoms with Crippen LogP contribution in [0.4, 0.5) is 19.7 Å². The molecule has 26 heavy (non-hydrogen) atoms. The molecule has 8 nitrogen and oxygen atoms in total. The molecule has 2 unspecified atom stereocenters. The number of carboxylic acid groups (broad SMARTS) is 1. The Morgan fingerprint density at radius 2 is 2.15 bits per heavy atom. The van der Waals surface area contributed by atoms with Crippen LogP contribution in [0.1, 0.15) is 12.0 Å². The van der Waals surface area contributed by atoms with Crippen LogP contribution < -0.4 is 10.6 Å². The summed E-state index contributed by atoms with van der Waals surface area (Å²) in [5.41, 5.74) is 6.49. The first-order valence-corrected chi connectivity index (χ1v) is 8.06. The topological polar surface area (TPSA) is 110 Å². The van der Waals surface area contributed by atoms with Crippen molar-refractivity contribution in [1.29, 1.82) is 0 Å². The molecule has 0 aromatic heterocycles. The van der Waals surface area contributed by atoms with E-state index in [4.69, 9.17) is 10.5 Å². The van der Waals surface area contributed by atoms with Crippen molar-refractivity contribution in [2.75, 3.05) is 31.6 Å². The predicted molar refractivity (Wildman–Crippen MR) is 89.7 cm³/mol. The first kappa shape index (κ1) is 17.9. The summed E-state index contributed by atoms with van der Waals surface area (Å²) in [6.07, 6.45) is -0.588. The summed E-state index contributed by atoms with van der Waals surface area (Å²) in [5.74, 6) is -1.29. The SMILES string of the molecule is C[N+]1(C(=O)O)CC=C(c2ccc(N3CC(C(N)=O)OC3=O)cc2F)CC1. The van der Waals surface area contributed by atoms with Crippen molar-refractivity contribution in [3.63, 3.8) is 0 Å². The van der Waals surface area contributed by atoms with Gasteiger partial charge in [0, 0.05) is 12.0 Å². The van der Waals surface area contributed by atoms with Crippen molar-refractivity contribution in [1.82, 2.24) is 0 Å². The number of quaternary nitrogens is 1. The molecule has 2 aliphatic heterocycles. The third kappa shape index (κ3) is 3.13. The number of benzene rings is 1. The van der Waals surface area contributed by atoms with Gasteiger partial charge in [-0.2, -0.15) is 4.79 Å². The van der Waals surface area contributed by atoms with E-state index in [1.807, 2.05) is 0 Å². The van der Waals surface area contributed by atoms with Crippen molar-refractivity contribution in [3.05, 3.63) is 35.7 Å². The van der Waals surface area contributed by atoms with Crippen molar-refractivity contribution in [2.24, 2.45) is 5.73 Å². The van der Waals surface area contributed by atoms with Gasteiger partial charge >= 0.3 is 12.2 Å². The number of halogens is 1. The fourth-order valence-corrected chi connectivity index (χ4v) is 3.04. The molecule has 9 heteroatoms. The minimum atomic E-state index is -1.06. The van der Waals surface area contributed by atoms with E-state index in [-0.39, 0.29) is 23.3 Å². The number of nitrogens with zero attached hydrogens (tertiary/aromatic N) is 2. The number of primary amides is 1. The molecule has 3 amide bonds. The van der Waals surface area contributed by atoms with Gasteiger partial charge in [-0.25, -0.2) is 13.7 Å². The molecule has 1 aromatic rings. The quantitative estimate of drug-likeness (QED) is 0.791. The molecule has 0 aliphatic carbocycles. The third-order valence-electron chi connectivity index (χ3n) is 4.82. The van der Waals surface area contributed by atoms with Gasteiger partial charge in [0.25, 0.3) is 5.91 Å². The van der Waals surface area contributed by atoms with Crippen LogP contribution >= 0.6 is 0 Å². The second-order valence-corrected chi connectivity index (χ2v) is 6.61. The minimum Gasteiger partial charge on any atom is -0.435 e. The van der Waals surface area contributed by atoms with E-state index in [1.54, 1.807) is 19.2 Å². The lowest BCUT2D eigenvalue weighted by molar-refractivity contribution is -0.832. The number of hydrogen-bond donors (Lipinski definition) is 2. The fraction of sp³-hybridized carbons (Fsp3) is 0.353. The van der Waals surface area contributed by atoms with Crippen molar-refractivity contribution in [3.8, 4) is 0 Å². The van der Waals surface area contributed by atoms with Crippen LogP contribution in [0.15, 0.2) is 24.3 Å². The second kappa shape index (κ2) is 6.41. The smallest absolute Gasteiger partial charge is 0.435 e. The maximum absolute atomic E-state index is 14.6. The standard InChI is InChI=1S/C17H18FN3O5/c1-21(17(24)25)6-4-10(5-7-21)12-3-2-11(8-13(12)18)20-9-14(15(19)22)26-16(20)23/h2-4,8,14H,5-7,9H2,1H3,(H2-,19,22,24,25)/p+1. The van der Waals surface area contributed by atoms with Crippen LogP contribution in [0.2, 0.25) is 0 Å². The molecule has 2 atom stereocenters. The molecule has 0 spiro atoms. The van der Waals surface area contributed by atoms with E-state index < -0.39 is 30.0 Å². The van der Waals surface area contributed by atoms with Gasteiger partial charge in [0.1, 0.15) is 12.4 Å². The number of hydrogen-bond acceptors (Lipinski definition) is 4. The average Bonchev–Trinajstić information content (AvgIpc) is 2.98. The van der Waals surface area contributed by atoms with Gasteiger partial charge < -0.3 is 15.6 Å². The summed E-state index contributed by atoms with van der Waals surface area (Å²) in [6, 6.07) is 4.29. The molecule has 1 saturated heterocycles. The van der Waals surface area contributed by atoms with Gasteiger partial charge in [0.15, 0.2) is 6.10 Å². The van der Waals surface area contributed by atoms with E-state index in [2.05, 4.69) is 0 Å². The van der Waals surface area contributed by atoms with E-state index in [0.717, 1.165) is 10.5 Å². The molecular weight excluding hydrogens is 345 g/mol. The highest BCUT2D eigenvalue weighted by Crippen LogP contribution is 2.30. The number of carbonyl (C=O) groups excluding carboxylic acids is 2. The summed E-state index contributed by atoms with van der Waals surface area (Å²) >= 11 is 0. The molecule has 3 rings (SSSR count). The molecule has 2 heterocycles. The zero-order valence-corrected chi connectivity index (χ0v) is 14.1. The highest BCUT2D eigenvalue weighted by atomic mass is 19.1. The Labute approximate surface area is 148 Å².